The quantitative estimate of drug-likeness (QED) is 0.260. The number of aromatic nitrogens is 3. The molecule has 3 aromatic heterocycles. The number of nitrogens with zero attached hydrogens (tertiary/aromatic N) is 4. The smallest absolute Gasteiger partial charge is 0.255 e. The summed E-state index contributed by atoms with van der Waals surface area (Å²) >= 11 is 0. The SMILES string of the molecule is CNC(=O)c1c(-c2ccc(F)cc2)oc2cc(N(C)S(C)(=O)=O)c(-c3cc(C#N)cc(-c4nc5ncccc5[nH]4)c3)cc12. The van der Waals surface area contributed by atoms with Gasteiger partial charge in [0.2, 0.25) is 10.0 Å². The molecule has 214 valence electrons. The average Bonchev–Trinajstić information content (AvgIpc) is 3.61. The number of H-pyrrole nitrogens is 1. The number of benzene rings is 3. The Morgan fingerprint density at radius 1 is 1.07 bits per heavy atom. The van der Waals surface area contributed by atoms with Crippen molar-refractivity contribution in [2.75, 3.05) is 24.7 Å². The second kappa shape index (κ2) is 10.4. The number of carbonyl (C=O) groups is 1. The molecular weight excluding hydrogens is 571 g/mol. The molecule has 0 radical (unpaired) electrons. The predicted octanol–water partition coefficient (Wildman–Crippen LogP) is 5.47. The molecular formula is C31H23FN6O4S. The first-order valence-corrected chi connectivity index (χ1v) is 14.8. The van der Waals surface area contributed by atoms with Gasteiger partial charge in [-0.15, -0.1) is 0 Å². The number of anilines is 1. The van der Waals surface area contributed by atoms with E-state index in [1.54, 1.807) is 36.5 Å². The third kappa shape index (κ3) is 4.96. The van der Waals surface area contributed by atoms with Gasteiger partial charge in [-0.3, -0.25) is 9.10 Å². The first-order valence-electron chi connectivity index (χ1n) is 13.0. The van der Waals surface area contributed by atoms with Crippen LogP contribution in [0.2, 0.25) is 0 Å². The Hall–Kier alpha value is -5.54. The maximum atomic E-state index is 13.7. The molecule has 1 amide bonds. The minimum Gasteiger partial charge on any atom is -0.455 e. The van der Waals surface area contributed by atoms with Crippen molar-refractivity contribution in [1.82, 2.24) is 20.3 Å². The molecule has 0 spiro atoms. The number of furan rings is 1. The molecule has 10 nitrogen and oxygen atoms in total. The number of imidazole rings is 1. The van der Waals surface area contributed by atoms with Crippen LogP contribution in [0.5, 0.6) is 0 Å². The minimum atomic E-state index is -3.75. The Morgan fingerprint density at radius 2 is 1.81 bits per heavy atom. The van der Waals surface area contributed by atoms with E-state index in [1.807, 2.05) is 6.07 Å². The fourth-order valence-electron chi connectivity index (χ4n) is 4.92. The standard InChI is InChI=1S/C31H23FN6O4S/c1-34-31(39)27-23-14-22(19-11-17(16-33)12-20(13-19)29-36-24-5-4-10-35-30(24)37-29)25(38(2)43(3,40)41)15-26(23)42-28(27)18-6-8-21(32)9-7-18/h4-15H,1-3H3,(H,34,39)(H,35,36,37). The summed E-state index contributed by atoms with van der Waals surface area (Å²) in [5.41, 5.74) is 4.17. The fourth-order valence-corrected chi connectivity index (χ4v) is 5.43. The van der Waals surface area contributed by atoms with Crippen molar-refractivity contribution >= 4 is 43.8 Å². The lowest BCUT2D eigenvalue weighted by molar-refractivity contribution is 0.0964. The molecule has 0 fully saturated rings. The van der Waals surface area contributed by atoms with Crippen LogP contribution in [0.3, 0.4) is 0 Å². The van der Waals surface area contributed by atoms with Crippen LogP contribution in [0.4, 0.5) is 10.1 Å². The summed E-state index contributed by atoms with van der Waals surface area (Å²) in [6.45, 7) is 0. The number of fused-ring (bicyclic) bond motifs is 2. The van der Waals surface area contributed by atoms with Crippen molar-refractivity contribution in [3.8, 4) is 39.9 Å². The van der Waals surface area contributed by atoms with Crippen molar-refractivity contribution < 1.29 is 22.0 Å². The Labute approximate surface area is 245 Å². The average molecular weight is 595 g/mol. The second-order valence-electron chi connectivity index (χ2n) is 9.86. The highest BCUT2D eigenvalue weighted by molar-refractivity contribution is 7.92. The number of aromatic amines is 1. The summed E-state index contributed by atoms with van der Waals surface area (Å²) in [7, 11) is -0.867. The van der Waals surface area contributed by atoms with Gasteiger partial charge in [0.25, 0.3) is 5.91 Å². The number of sulfonamides is 1. The van der Waals surface area contributed by atoms with Crippen LogP contribution < -0.4 is 9.62 Å². The fraction of sp³-hybridized carbons (Fsp3) is 0.0968. The number of carbonyl (C=O) groups excluding carboxylic acids is 1. The molecule has 6 rings (SSSR count). The third-order valence-electron chi connectivity index (χ3n) is 7.11. The molecule has 0 saturated carbocycles. The summed E-state index contributed by atoms with van der Waals surface area (Å²) in [6.07, 6.45) is 2.70. The number of hydrogen-bond acceptors (Lipinski definition) is 7. The number of nitrogens with one attached hydrogen (secondary N) is 2. The Morgan fingerprint density at radius 3 is 2.49 bits per heavy atom. The van der Waals surface area contributed by atoms with E-state index in [1.165, 1.54) is 44.4 Å². The molecule has 12 heteroatoms. The van der Waals surface area contributed by atoms with Crippen molar-refractivity contribution in [3.05, 3.63) is 89.9 Å². The predicted molar refractivity (Wildman–Crippen MR) is 161 cm³/mol. The van der Waals surface area contributed by atoms with E-state index in [9.17, 15) is 22.9 Å². The van der Waals surface area contributed by atoms with Gasteiger partial charge in [0.15, 0.2) is 5.65 Å². The Kier molecular flexibility index (Phi) is 6.67. The van der Waals surface area contributed by atoms with Gasteiger partial charge in [0.05, 0.1) is 34.7 Å². The maximum absolute atomic E-state index is 13.7. The molecule has 3 aromatic carbocycles. The van der Waals surface area contributed by atoms with Gasteiger partial charge in [0, 0.05) is 48.4 Å². The van der Waals surface area contributed by atoms with E-state index in [4.69, 9.17) is 4.42 Å². The van der Waals surface area contributed by atoms with Crippen LogP contribution in [0.15, 0.2) is 77.3 Å². The molecule has 43 heavy (non-hydrogen) atoms. The van der Waals surface area contributed by atoms with Gasteiger partial charge in [-0.25, -0.2) is 22.8 Å². The maximum Gasteiger partial charge on any atom is 0.255 e. The molecule has 0 aliphatic carbocycles. The van der Waals surface area contributed by atoms with E-state index < -0.39 is 21.7 Å². The first-order chi connectivity index (χ1) is 20.6. The molecule has 3 heterocycles. The highest BCUT2D eigenvalue weighted by Gasteiger charge is 2.26. The number of amides is 1. The lowest BCUT2D eigenvalue weighted by Gasteiger charge is -2.21. The molecule has 0 saturated heterocycles. The highest BCUT2D eigenvalue weighted by Crippen LogP contribution is 2.42. The lowest BCUT2D eigenvalue weighted by atomic mass is 9.95. The molecule has 2 N–H and O–H groups in total. The van der Waals surface area contributed by atoms with Crippen molar-refractivity contribution in [2.24, 2.45) is 0 Å². The zero-order valence-electron chi connectivity index (χ0n) is 23.1. The lowest BCUT2D eigenvalue weighted by Crippen LogP contribution is -2.25. The minimum absolute atomic E-state index is 0.193. The van der Waals surface area contributed by atoms with Crippen LogP contribution in [-0.4, -0.2) is 49.6 Å². The van der Waals surface area contributed by atoms with Crippen molar-refractivity contribution in [3.63, 3.8) is 0 Å². The molecule has 0 bridgehead atoms. The van der Waals surface area contributed by atoms with E-state index in [0.717, 1.165) is 10.6 Å². The van der Waals surface area contributed by atoms with Gasteiger partial charge in [-0.05, 0) is 66.2 Å². The van der Waals surface area contributed by atoms with E-state index in [2.05, 4.69) is 26.3 Å². The van der Waals surface area contributed by atoms with Gasteiger partial charge in [-0.1, -0.05) is 0 Å². The zero-order valence-corrected chi connectivity index (χ0v) is 24.0. The number of pyridine rings is 1. The summed E-state index contributed by atoms with van der Waals surface area (Å²) in [5.74, 6) is -0.233. The van der Waals surface area contributed by atoms with Crippen LogP contribution in [0.25, 0.3) is 56.0 Å². The van der Waals surface area contributed by atoms with Crippen molar-refractivity contribution in [1.29, 1.82) is 5.26 Å². The first kappa shape index (κ1) is 27.6. The number of hydrogen-bond donors (Lipinski definition) is 2. The monoisotopic (exact) mass is 594 g/mol. The highest BCUT2D eigenvalue weighted by atomic mass is 32.2. The van der Waals surface area contributed by atoms with Crippen LogP contribution in [0.1, 0.15) is 15.9 Å². The topological polar surface area (TPSA) is 145 Å². The molecule has 0 aliphatic heterocycles. The van der Waals surface area contributed by atoms with E-state index in [0.29, 0.717) is 50.2 Å². The largest absolute Gasteiger partial charge is 0.455 e. The summed E-state index contributed by atoms with van der Waals surface area (Å²) in [5, 5.41) is 12.9. The summed E-state index contributed by atoms with van der Waals surface area (Å²) < 4.78 is 46.5. The second-order valence-corrected chi connectivity index (χ2v) is 11.9. The van der Waals surface area contributed by atoms with E-state index >= 15 is 0 Å². The summed E-state index contributed by atoms with van der Waals surface area (Å²) in [4.78, 5) is 25.2. The van der Waals surface area contributed by atoms with Crippen LogP contribution in [-0.2, 0) is 10.0 Å². The van der Waals surface area contributed by atoms with E-state index in [-0.39, 0.29) is 22.6 Å². The molecule has 6 aromatic rings. The molecule has 0 unspecified atom stereocenters. The Balaban J connectivity index is 1.65. The third-order valence-corrected chi connectivity index (χ3v) is 8.30. The normalized spacial score (nSPS) is 11.5. The van der Waals surface area contributed by atoms with Gasteiger partial charge in [-0.2, -0.15) is 5.26 Å². The summed E-state index contributed by atoms with van der Waals surface area (Å²) in [6, 6.07) is 19.5. The number of rotatable bonds is 6. The molecule has 0 atom stereocenters. The number of halogens is 1. The Bertz CT molecular complexity index is 2180. The van der Waals surface area contributed by atoms with Gasteiger partial charge in [0.1, 0.15) is 23.0 Å². The van der Waals surface area contributed by atoms with Crippen LogP contribution in [0, 0.1) is 17.1 Å². The van der Waals surface area contributed by atoms with Gasteiger partial charge >= 0.3 is 0 Å². The van der Waals surface area contributed by atoms with Gasteiger partial charge < -0.3 is 14.7 Å². The zero-order chi connectivity index (χ0) is 30.5. The van der Waals surface area contributed by atoms with Crippen LogP contribution >= 0.6 is 0 Å². The number of nitriles is 1. The van der Waals surface area contributed by atoms with Crippen molar-refractivity contribution in [2.45, 2.75) is 0 Å². The molecule has 0 aliphatic rings.